The molecule has 2 aromatic heterocycles. The van der Waals surface area contributed by atoms with Crippen LogP contribution in [0, 0.1) is 6.92 Å². The smallest absolute Gasteiger partial charge is 0.268 e. The van der Waals surface area contributed by atoms with Gasteiger partial charge in [0, 0.05) is 30.5 Å². The molecule has 2 heterocycles. The minimum Gasteiger partial charge on any atom is -0.420 e. The standard InChI is InChI=1S/C20H25N5O2S/c1-5-28-10-9-21-19(26)15-7-6-8-16(11-15)25-18(13(2)3)12-17(24-25)20-23-22-14(4)27-20/h6-8,11-13H,5,9-10H2,1-4H3,(H,21,26). The van der Waals surface area contributed by atoms with Crippen LogP contribution in [-0.2, 0) is 0 Å². The maximum atomic E-state index is 12.5. The largest absolute Gasteiger partial charge is 0.420 e. The van der Waals surface area contributed by atoms with E-state index in [4.69, 9.17) is 4.42 Å². The number of thioether (sulfide) groups is 1. The van der Waals surface area contributed by atoms with E-state index in [-0.39, 0.29) is 11.8 Å². The first-order valence-electron chi connectivity index (χ1n) is 9.36. The number of nitrogens with one attached hydrogen (secondary N) is 1. The summed E-state index contributed by atoms with van der Waals surface area (Å²) >= 11 is 1.80. The van der Waals surface area contributed by atoms with Crippen molar-refractivity contribution >= 4 is 17.7 Å². The zero-order valence-electron chi connectivity index (χ0n) is 16.6. The van der Waals surface area contributed by atoms with Crippen molar-refractivity contribution in [3.8, 4) is 17.3 Å². The molecule has 0 aliphatic carbocycles. The molecule has 1 aromatic carbocycles. The molecule has 148 valence electrons. The highest BCUT2D eigenvalue weighted by molar-refractivity contribution is 7.99. The lowest BCUT2D eigenvalue weighted by Gasteiger charge is -2.11. The molecule has 0 aliphatic heterocycles. The summed E-state index contributed by atoms with van der Waals surface area (Å²) in [5, 5.41) is 15.6. The number of carbonyl (C=O) groups is 1. The Morgan fingerprint density at radius 2 is 2.11 bits per heavy atom. The first kappa shape index (κ1) is 20.1. The topological polar surface area (TPSA) is 85.8 Å². The second kappa shape index (κ2) is 9.05. The number of carbonyl (C=O) groups excluding carboxylic acids is 1. The van der Waals surface area contributed by atoms with Crippen LogP contribution in [0.25, 0.3) is 17.3 Å². The highest BCUT2D eigenvalue weighted by Crippen LogP contribution is 2.25. The minimum absolute atomic E-state index is 0.0791. The molecule has 0 aliphatic rings. The lowest BCUT2D eigenvalue weighted by molar-refractivity contribution is 0.0956. The molecule has 1 amide bonds. The van der Waals surface area contributed by atoms with Crippen molar-refractivity contribution in [1.82, 2.24) is 25.3 Å². The Labute approximate surface area is 168 Å². The molecular formula is C20H25N5O2S. The van der Waals surface area contributed by atoms with Crippen molar-refractivity contribution in [3.63, 3.8) is 0 Å². The maximum absolute atomic E-state index is 12.5. The fourth-order valence-corrected chi connectivity index (χ4v) is 3.32. The normalized spacial score (nSPS) is 11.2. The molecule has 0 atom stereocenters. The summed E-state index contributed by atoms with van der Waals surface area (Å²) < 4.78 is 7.35. The van der Waals surface area contributed by atoms with Crippen LogP contribution in [0.5, 0.6) is 0 Å². The van der Waals surface area contributed by atoms with Crippen LogP contribution < -0.4 is 5.32 Å². The van der Waals surface area contributed by atoms with Crippen molar-refractivity contribution in [3.05, 3.63) is 47.5 Å². The summed E-state index contributed by atoms with van der Waals surface area (Å²) in [5.41, 5.74) is 3.06. The van der Waals surface area contributed by atoms with E-state index in [0.29, 0.717) is 29.6 Å². The molecule has 0 spiro atoms. The third-order valence-corrected chi connectivity index (χ3v) is 5.06. The van der Waals surface area contributed by atoms with Crippen molar-refractivity contribution in [1.29, 1.82) is 0 Å². The molecule has 1 N–H and O–H groups in total. The number of aromatic nitrogens is 4. The molecule has 0 unspecified atom stereocenters. The molecule has 0 radical (unpaired) electrons. The number of amides is 1. The van der Waals surface area contributed by atoms with Gasteiger partial charge in [-0.1, -0.05) is 26.8 Å². The number of aryl methyl sites for hydroxylation is 1. The molecule has 8 heteroatoms. The van der Waals surface area contributed by atoms with Crippen LogP contribution >= 0.6 is 11.8 Å². The van der Waals surface area contributed by atoms with E-state index in [9.17, 15) is 4.79 Å². The second-order valence-corrected chi connectivity index (χ2v) is 8.04. The summed E-state index contributed by atoms with van der Waals surface area (Å²) in [6.07, 6.45) is 0. The van der Waals surface area contributed by atoms with Crippen LogP contribution in [0.3, 0.4) is 0 Å². The Morgan fingerprint density at radius 1 is 1.29 bits per heavy atom. The fourth-order valence-electron chi connectivity index (χ4n) is 2.78. The molecular weight excluding hydrogens is 374 g/mol. The van der Waals surface area contributed by atoms with Gasteiger partial charge in [-0.2, -0.15) is 16.9 Å². The zero-order chi connectivity index (χ0) is 20.1. The number of nitrogens with zero attached hydrogens (tertiary/aromatic N) is 4. The van der Waals surface area contributed by atoms with Gasteiger partial charge in [0.15, 0.2) is 0 Å². The first-order chi connectivity index (χ1) is 13.5. The molecule has 0 saturated carbocycles. The third kappa shape index (κ3) is 4.62. The highest BCUT2D eigenvalue weighted by Gasteiger charge is 2.18. The summed E-state index contributed by atoms with van der Waals surface area (Å²) in [7, 11) is 0. The van der Waals surface area contributed by atoms with Gasteiger partial charge in [-0.3, -0.25) is 4.79 Å². The van der Waals surface area contributed by atoms with Crippen LogP contribution in [0.4, 0.5) is 0 Å². The molecule has 7 nitrogen and oxygen atoms in total. The molecule has 3 rings (SSSR count). The van der Waals surface area contributed by atoms with E-state index in [2.05, 4.69) is 41.4 Å². The van der Waals surface area contributed by atoms with E-state index < -0.39 is 0 Å². The third-order valence-electron chi connectivity index (χ3n) is 4.16. The molecule has 0 saturated heterocycles. The first-order valence-corrected chi connectivity index (χ1v) is 10.5. The van der Waals surface area contributed by atoms with Gasteiger partial charge >= 0.3 is 0 Å². The Bertz CT molecular complexity index is 948. The average molecular weight is 400 g/mol. The van der Waals surface area contributed by atoms with Gasteiger partial charge in [-0.15, -0.1) is 10.2 Å². The van der Waals surface area contributed by atoms with Crippen molar-refractivity contribution in [2.75, 3.05) is 18.1 Å². The lowest BCUT2D eigenvalue weighted by Crippen LogP contribution is -2.25. The lowest BCUT2D eigenvalue weighted by atomic mass is 10.1. The Morgan fingerprint density at radius 3 is 2.79 bits per heavy atom. The quantitative estimate of drug-likeness (QED) is 0.579. The summed E-state index contributed by atoms with van der Waals surface area (Å²) in [5.74, 6) is 2.99. The fraction of sp³-hybridized carbons (Fsp3) is 0.400. The van der Waals surface area contributed by atoms with Gasteiger partial charge < -0.3 is 9.73 Å². The Kier molecular flexibility index (Phi) is 6.51. The molecule has 3 aromatic rings. The van der Waals surface area contributed by atoms with Crippen LogP contribution in [0.1, 0.15) is 48.6 Å². The molecule has 28 heavy (non-hydrogen) atoms. The van der Waals surface area contributed by atoms with Crippen molar-refractivity contribution < 1.29 is 9.21 Å². The Balaban J connectivity index is 1.88. The van der Waals surface area contributed by atoms with Gasteiger partial charge in [0.2, 0.25) is 5.89 Å². The van der Waals surface area contributed by atoms with Gasteiger partial charge in [-0.05, 0) is 35.9 Å². The molecule has 0 fully saturated rings. The summed E-state index contributed by atoms with van der Waals surface area (Å²) in [6, 6.07) is 9.42. The van der Waals surface area contributed by atoms with Crippen molar-refractivity contribution in [2.45, 2.75) is 33.6 Å². The zero-order valence-corrected chi connectivity index (χ0v) is 17.4. The SMILES string of the molecule is CCSCCNC(=O)c1cccc(-n2nc(-c3nnc(C)o3)cc2C(C)C)c1. The minimum atomic E-state index is -0.0791. The number of rotatable bonds is 8. The van der Waals surface area contributed by atoms with E-state index in [0.717, 1.165) is 22.9 Å². The summed E-state index contributed by atoms with van der Waals surface area (Å²) in [6.45, 7) is 8.70. The van der Waals surface area contributed by atoms with E-state index in [1.54, 1.807) is 18.7 Å². The van der Waals surface area contributed by atoms with Gasteiger partial charge in [0.25, 0.3) is 11.8 Å². The number of hydrogen-bond acceptors (Lipinski definition) is 6. The Hall–Kier alpha value is -2.61. The number of hydrogen-bond donors (Lipinski definition) is 1. The molecule has 0 bridgehead atoms. The maximum Gasteiger partial charge on any atom is 0.268 e. The predicted molar refractivity (Wildman–Crippen MR) is 111 cm³/mol. The second-order valence-electron chi connectivity index (χ2n) is 6.65. The van der Waals surface area contributed by atoms with Crippen LogP contribution in [0.15, 0.2) is 34.7 Å². The average Bonchev–Trinajstić information content (AvgIpc) is 3.31. The van der Waals surface area contributed by atoms with E-state index >= 15 is 0 Å². The van der Waals surface area contributed by atoms with E-state index in [1.807, 2.05) is 35.0 Å². The van der Waals surface area contributed by atoms with Gasteiger partial charge in [0.1, 0.15) is 5.69 Å². The van der Waals surface area contributed by atoms with Crippen LogP contribution in [0.2, 0.25) is 0 Å². The van der Waals surface area contributed by atoms with E-state index in [1.165, 1.54) is 0 Å². The van der Waals surface area contributed by atoms with Gasteiger partial charge in [-0.25, -0.2) is 4.68 Å². The highest BCUT2D eigenvalue weighted by atomic mass is 32.2. The summed E-state index contributed by atoms with van der Waals surface area (Å²) in [4.78, 5) is 12.5. The van der Waals surface area contributed by atoms with Gasteiger partial charge in [0.05, 0.1) is 5.69 Å². The monoisotopic (exact) mass is 399 g/mol. The van der Waals surface area contributed by atoms with Crippen molar-refractivity contribution in [2.24, 2.45) is 0 Å². The predicted octanol–water partition coefficient (Wildman–Crippen LogP) is 3.84. The van der Waals surface area contributed by atoms with Crippen LogP contribution in [-0.4, -0.2) is 43.9 Å². The number of benzene rings is 1.